The van der Waals surface area contributed by atoms with Gasteiger partial charge in [-0.1, -0.05) is 18.2 Å². The van der Waals surface area contributed by atoms with Gasteiger partial charge in [-0.05, 0) is 45.2 Å². The van der Waals surface area contributed by atoms with E-state index in [4.69, 9.17) is 9.47 Å². The zero-order valence-electron chi connectivity index (χ0n) is 23.7. The maximum absolute atomic E-state index is 13.4. The molecule has 14 heteroatoms. The summed E-state index contributed by atoms with van der Waals surface area (Å²) >= 11 is 0. The third-order valence-corrected chi connectivity index (χ3v) is 6.87. The van der Waals surface area contributed by atoms with Gasteiger partial charge in [0.15, 0.2) is 11.8 Å². The van der Waals surface area contributed by atoms with E-state index in [9.17, 15) is 29.1 Å². The number of amides is 4. The first-order chi connectivity index (χ1) is 20.2. The lowest BCUT2D eigenvalue weighted by Crippen LogP contribution is -2.56. The van der Waals surface area contributed by atoms with Crippen LogP contribution in [0.25, 0.3) is 5.69 Å². The van der Waals surface area contributed by atoms with Crippen LogP contribution in [0.4, 0.5) is 4.79 Å². The van der Waals surface area contributed by atoms with E-state index in [1.807, 2.05) is 6.07 Å². The van der Waals surface area contributed by atoms with Crippen molar-refractivity contribution in [2.75, 3.05) is 32.8 Å². The van der Waals surface area contributed by atoms with Crippen LogP contribution in [0.2, 0.25) is 0 Å². The lowest BCUT2D eigenvalue weighted by atomic mass is 10.1. The van der Waals surface area contributed by atoms with Crippen molar-refractivity contribution < 1.29 is 38.6 Å². The van der Waals surface area contributed by atoms with Gasteiger partial charge < -0.3 is 35.0 Å². The molecule has 1 aliphatic carbocycles. The zero-order chi connectivity index (χ0) is 30.2. The number of carboxylic acid groups (broad SMARTS) is 1. The second-order valence-corrected chi connectivity index (χ2v) is 10.1. The molecule has 2 heterocycles. The fraction of sp³-hybridized carbons (Fsp3) is 0.500. The largest absolute Gasteiger partial charge is 0.481 e. The Balaban J connectivity index is 1.49. The molecular formula is C28H36N6O8. The summed E-state index contributed by atoms with van der Waals surface area (Å²) in [5.74, 6) is -2.42. The van der Waals surface area contributed by atoms with Gasteiger partial charge in [0, 0.05) is 44.7 Å². The van der Waals surface area contributed by atoms with Gasteiger partial charge in [-0.25, -0.2) is 9.48 Å². The van der Waals surface area contributed by atoms with Crippen molar-refractivity contribution in [3.05, 3.63) is 42.1 Å². The van der Waals surface area contributed by atoms with Gasteiger partial charge in [-0.2, -0.15) is 5.10 Å². The SMILES string of the molecule is CCOC(=O)N1CCN(C(=O)C(CCC(=O)O)NC(=O)c2cc(OC(C)C(=O)NC3CC3)n(-c3ccccc3)n2)CC1. The normalized spacial score (nSPS) is 16.2. The zero-order valence-corrected chi connectivity index (χ0v) is 23.7. The van der Waals surface area contributed by atoms with E-state index in [-0.39, 0.29) is 69.2 Å². The standard InChI is InChI=1S/C28H36N6O8/c1-3-41-28(40)33-15-13-32(14-16-33)27(39)21(11-12-24(35)36)30-26(38)22-17-23(34(31-22)20-7-5-4-6-8-20)42-18(2)25(37)29-19-9-10-19/h4-8,17-19,21H,3,9-16H2,1-2H3,(H,29,37)(H,30,38)(H,35,36). The molecule has 3 N–H and O–H groups in total. The summed E-state index contributed by atoms with van der Waals surface area (Å²) in [5, 5.41) is 19.1. The number of hydrogen-bond acceptors (Lipinski definition) is 8. The van der Waals surface area contributed by atoms with Crippen LogP contribution in [0, 0.1) is 0 Å². The summed E-state index contributed by atoms with van der Waals surface area (Å²) in [4.78, 5) is 65.5. The van der Waals surface area contributed by atoms with Crippen LogP contribution in [0.15, 0.2) is 36.4 Å². The predicted octanol–water partition coefficient (Wildman–Crippen LogP) is 1.18. The summed E-state index contributed by atoms with van der Waals surface area (Å²) in [7, 11) is 0. The molecule has 0 radical (unpaired) electrons. The molecule has 2 fully saturated rings. The molecule has 1 aromatic heterocycles. The summed E-state index contributed by atoms with van der Waals surface area (Å²) in [6.07, 6.45) is 0.0331. The lowest BCUT2D eigenvalue weighted by Gasteiger charge is -2.35. The van der Waals surface area contributed by atoms with Crippen LogP contribution in [0.1, 0.15) is 50.0 Å². The second-order valence-electron chi connectivity index (χ2n) is 10.1. The maximum Gasteiger partial charge on any atom is 0.409 e. The average molecular weight is 585 g/mol. The van der Waals surface area contributed by atoms with Gasteiger partial charge in [0.25, 0.3) is 11.8 Å². The molecule has 2 aromatic rings. The molecule has 1 aliphatic heterocycles. The number of carbonyl (C=O) groups excluding carboxylic acids is 4. The molecule has 226 valence electrons. The molecule has 0 bridgehead atoms. The Bertz CT molecular complexity index is 1290. The molecular weight excluding hydrogens is 548 g/mol. The molecule has 14 nitrogen and oxygen atoms in total. The Labute approximate surface area is 242 Å². The fourth-order valence-corrected chi connectivity index (χ4v) is 4.40. The number of para-hydroxylation sites is 1. The van der Waals surface area contributed by atoms with Gasteiger partial charge in [-0.3, -0.25) is 19.2 Å². The monoisotopic (exact) mass is 584 g/mol. The van der Waals surface area contributed by atoms with Gasteiger partial charge >= 0.3 is 12.1 Å². The molecule has 0 spiro atoms. The average Bonchev–Trinajstić information content (AvgIpc) is 3.71. The van der Waals surface area contributed by atoms with Crippen molar-refractivity contribution >= 4 is 29.8 Å². The number of aliphatic carboxylic acids is 1. The first kappa shape index (κ1) is 30.3. The highest BCUT2D eigenvalue weighted by molar-refractivity contribution is 5.96. The third kappa shape index (κ3) is 7.98. The van der Waals surface area contributed by atoms with Crippen molar-refractivity contribution in [2.24, 2.45) is 0 Å². The number of benzene rings is 1. The first-order valence-corrected chi connectivity index (χ1v) is 14.0. The minimum Gasteiger partial charge on any atom is -0.481 e. The minimum absolute atomic E-state index is 0.0797. The molecule has 42 heavy (non-hydrogen) atoms. The quantitative estimate of drug-likeness (QED) is 0.331. The number of ether oxygens (including phenoxy) is 2. The van der Waals surface area contributed by atoms with Crippen LogP contribution in [-0.4, -0.2) is 105 Å². The van der Waals surface area contributed by atoms with E-state index in [1.54, 1.807) is 38.1 Å². The summed E-state index contributed by atoms with van der Waals surface area (Å²) in [5.41, 5.74) is 0.503. The number of carbonyl (C=O) groups is 5. The van der Waals surface area contributed by atoms with Crippen molar-refractivity contribution in [3.8, 4) is 11.6 Å². The van der Waals surface area contributed by atoms with Crippen LogP contribution >= 0.6 is 0 Å². The van der Waals surface area contributed by atoms with E-state index in [0.29, 0.717) is 5.69 Å². The smallest absolute Gasteiger partial charge is 0.409 e. The lowest BCUT2D eigenvalue weighted by molar-refractivity contribution is -0.138. The Kier molecular flexibility index (Phi) is 9.99. The Morgan fingerprint density at radius 2 is 1.71 bits per heavy atom. The van der Waals surface area contributed by atoms with Crippen LogP contribution in [-0.2, 0) is 19.1 Å². The van der Waals surface area contributed by atoms with Crippen LogP contribution < -0.4 is 15.4 Å². The molecule has 1 saturated carbocycles. The second kappa shape index (κ2) is 13.8. The minimum atomic E-state index is -1.14. The Morgan fingerprint density at radius 3 is 2.33 bits per heavy atom. The van der Waals surface area contributed by atoms with Crippen LogP contribution in [0.3, 0.4) is 0 Å². The van der Waals surface area contributed by atoms with Crippen molar-refractivity contribution in [2.45, 2.75) is 57.7 Å². The molecule has 2 unspecified atom stereocenters. The third-order valence-electron chi connectivity index (χ3n) is 6.87. The van der Waals surface area contributed by atoms with Gasteiger partial charge in [0.05, 0.1) is 12.3 Å². The molecule has 1 saturated heterocycles. The highest BCUT2D eigenvalue weighted by Crippen LogP contribution is 2.23. The summed E-state index contributed by atoms with van der Waals surface area (Å²) < 4.78 is 12.3. The molecule has 4 amide bonds. The molecule has 2 aliphatic rings. The fourth-order valence-electron chi connectivity index (χ4n) is 4.40. The maximum atomic E-state index is 13.4. The van der Waals surface area contributed by atoms with Gasteiger partial charge in [0.2, 0.25) is 11.8 Å². The summed E-state index contributed by atoms with van der Waals surface area (Å²) in [6.45, 7) is 4.45. The number of piperazine rings is 1. The van der Waals surface area contributed by atoms with Crippen LogP contribution in [0.5, 0.6) is 5.88 Å². The highest BCUT2D eigenvalue weighted by atomic mass is 16.6. The van der Waals surface area contributed by atoms with Crippen molar-refractivity contribution in [3.63, 3.8) is 0 Å². The Hall–Kier alpha value is -4.62. The van der Waals surface area contributed by atoms with E-state index >= 15 is 0 Å². The number of hydrogen-bond donors (Lipinski definition) is 3. The number of rotatable bonds is 12. The summed E-state index contributed by atoms with van der Waals surface area (Å²) in [6, 6.07) is 9.28. The number of nitrogens with zero attached hydrogens (tertiary/aromatic N) is 4. The topological polar surface area (TPSA) is 172 Å². The Morgan fingerprint density at radius 1 is 1.05 bits per heavy atom. The van der Waals surface area contributed by atoms with E-state index in [2.05, 4.69) is 15.7 Å². The molecule has 4 rings (SSSR count). The molecule has 2 atom stereocenters. The van der Waals surface area contributed by atoms with Gasteiger partial charge in [-0.15, -0.1) is 0 Å². The van der Waals surface area contributed by atoms with Gasteiger partial charge in [0.1, 0.15) is 6.04 Å². The van der Waals surface area contributed by atoms with Crippen molar-refractivity contribution in [1.29, 1.82) is 0 Å². The number of nitrogens with one attached hydrogen (secondary N) is 2. The number of carboxylic acids is 1. The van der Waals surface area contributed by atoms with Crippen molar-refractivity contribution in [1.82, 2.24) is 30.2 Å². The predicted molar refractivity (Wildman–Crippen MR) is 148 cm³/mol. The molecule has 1 aromatic carbocycles. The van der Waals surface area contributed by atoms with E-state index < -0.39 is 36.0 Å². The number of aromatic nitrogens is 2. The first-order valence-electron chi connectivity index (χ1n) is 14.0. The highest BCUT2D eigenvalue weighted by Gasteiger charge is 2.32. The van der Waals surface area contributed by atoms with E-state index in [0.717, 1.165) is 12.8 Å². The van der Waals surface area contributed by atoms with E-state index in [1.165, 1.54) is 20.5 Å².